The first-order chi connectivity index (χ1) is 9.97. The highest BCUT2D eigenvalue weighted by molar-refractivity contribution is 9.10. The van der Waals surface area contributed by atoms with Crippen molar-refractivity contribution in [2.75, 3.05) is 0 Å². The lowest BCUT2D eigenvalue weighted by molar-refractivity contribution is 0.617. The first kappa shape index (κ1) is 14.9. The summed E-state index contributed by atoms with van der Waals surface area (Å²) in [6.45, 7) is 2.05. The number of nitrogens with zero attached hydrogens (tertiary/aromatic N) is 1. The van der Waals surface area contributed by atoms with Crippen LogP contribution in [-0.4, -0.2) is 9.55 Å². The van der Waals surface area contributed by atoms with Crippen LogP contribution in [-0.2, 0) is 0 Å². The molecule has 0 saturated carbocycles. The molecule has 21 heavy (non-hydrogen) atoms. The van der Waals surface area contributed by atoms with Crippen LogP contribution in [0.25, 0.3) is 11.0 Å². The van der Waals surface area contributed by atoms with Crippen molar-refractivity contribution >= 4 is 55.1 Å². The second-order valence-corrected chi connectivity index (χ2v) is 6.97. The predicted molar refractivity (Wildman–Crippen MR) is 92.7 cm³/mol. The molecule has 2 nitrogen and oxygen atoms in total. The lowest BCUT2D eigenvalue weighted by Gasteiger charge is -2.15. The van der Waals surface area contributed by atoms with Crippen molar-refractivity contribution in [1.29, 1.82) is 0 Å². The number of fused-ring (bicyclic) bond motifs is 1. The summed E-state index contributed by atoms with van der Waals surface area (Å²) in [5, 5.41) is 0. The largest absolute Gasteiger partial charge is 0.331 e. The van der Waals surface area contributed by atoms with E-state index in [1.165, 1.54) is 6.07 Å². The van der Waals surface area contributed by atoms with Gasteiger partial charge in [-0.2, -0.15) is 0 Å². The van der Waals surface area contributed by atoms with E-state index in [1.54, 1.807) is 6.07 Å². The van der Waals surface area contributed by atoms with E-state index in [0.717, 1.165) is 21.1 Å². The molecule has 108 valence electrons. The van der Waals surface area contributed by atoms with Crippen molar-refractivity contribution in [3.8, 4) is 0 Å². The molecule has 1 heterocycles. The van der Waals surface area contributed by atoms with Crippen LogP contribution >= 0.6 is 44.1 Å². The first-order valence-corrected chi connectivity index (χ1v) is 8.31. The van der Waals surface area contributed by atoms with Crippen LogP contribution in [0.2, 0.25) is 0 Å². The molecule has 6 heteroatoms. The Kier molecular flexibility index (Phi) is 4.03. The molecule has 0 amide bonds. The molecule has 0 bridgehead atoms. The summed E-state index contributed by atoms with van der Waals surface area (Å²) in [4.78, 5) is 3.13. The van der Waals surface area contributed by atoms with E-state index in [2.05, 4.69) is 36.8 Å². The first-order valence-electron chi connectivity index (χ1n) is 6.32. The van der Waals surface area contributed by atoms with Gasteiger partial charge < -0.3 is 9.55 Å². The Hall–Kier alpha value is -0.980. The molecule has 2 aromatic carbocycles. The molecule has 0 saturated heterocycles. The summed E-state index contributed by atoms with van der Waals surface area (Å²) < 4.78 is 17.8. The minimum Gasteiger partial charge on any atom is -0.331 e. The molecule has 1 N–H and O–H groups in total. The standard InChI is InChI=1S/C15H11Br2FN2S/c1-8(9-2-4-10(16)5-3-9)20-14-7-12(18)11(17)6-13(14)19-15(20)21/h2-8H,1H3,(H,19,21). The molecule has 0 aliphatic rings. The van der Waals surface area contributed by atoms with Crippen molar-refractivity contribution < 1.29 is 4.39 Å². The van der Waals surface area contributed by atoms with Gasteiger partial charge in [0.15, 0.2) is 4.77 Å². The van der Waals surface area contributed by atoms with E-state index < -0.39 is 0 Å². The number of nitrogens with one attached hydrogen (secondary N) is 1. The van der Waals surface area contributed by atoms with Crippen molar-refractivity contribution in [2.45, 2.75) is 13.0 Å². The lowest BCUT2D eigenvalue weighted by Crippen LogP contribution is -2.06. The van der Waals surface area contributed by atoms with Crippen LogP contribution < -0.4 is 0 Å². The van der Waals surface area contributed by atoms with Gasteiger partial charge in [0.1, 0.15) is 5.82 Å². The quantitative estimate of drug-likeness (QED) is 0.497. The third-order valence-corrected chi connectivity index (χ3v) is 4.93. The average Bonchev–Trinajstić information content (AvgIpc) is 2.75. The lowest BCUT2D eigenvalue weighted by atomic mass is 10.1. The Labute approximate surface area is 143 Å². The van der Waals surface area contributed by atoms with Gasteiger partial charge in [-0.05, 0) is 58.8 Å². The molecule has 1 aromatic heterocycles. The smallest absolute Gasteiger partial charge is 0.178 e. The van der Waals surface area contributed by atoms with Crippen molar-refractivity contribution in [3.63, 3.8) is 0 Å². The van der Waals surface area contributed by atoms with Crippen LogP contribution in [0.15, 0.2) is 45.3 Å². The van der Waals surface area contributed by atoms with Crippen LogP contribution in [0.5, 0.6) is 0 Å². The number of H-pyrrole nitrogens is 1. The topological polar surface area (TPSA) is 20.7 Å². The van der Waals surface area contributed by atoms with Gasteiger partial charge >= 0.3 is 0 Å². The summed E-state index contributed by atoms with van der Waals surface area (Å²) in [6, 6.07) is 11.3. The van der Waals surface area contributed by atoms with E-state index >= 15 is 0 Å². The van der Waals surface area contributed by atoms with Crippen LogP contribution in [0, 0.1) is 10.6 Å². The van der Waals surface area contributed by atoms with Gasteiger partial charge in [-0.1, -0.05) is 28.1 Å². The van der Waals surface area contributed by atoms with Gasteiger partial charge in [0.2, 0.25) is 0 Å². The van der Waals surface area contributed by atoms with E-state index in [-0.39, 0.29) is 11.9 Å². The Morgan fingerprint density at radius 1 is 1.19 bits per heavy atom. The van der Waals surface area contributed by atoms with Crippen LogP contribution in [0.4, 0.5) is 4.39 Å². The maximum absolute atomic E-state index is 13.8. The summed E-state index contributed by atoms with van der Waals surface area (Å²) in [7, 11) is 0. The van der Waals surface area contributed by atoms with E-state index in [1.807, 2.05) is 35.8 Å². The third-order valence-electron chi connectivity index (χ3n) is 3.50. The second-order valence-electron chi connectivity index (χ2n) is 4.81. The minimum absolute atomic E-state index is 0.0138. The van der Waals surface area contributed by atoms with Crippen molar-refractivity contribution in [2.24, 2.45) is 0 Å². The number of hydrogen-bond donors (Lipinski definition) is 1. The Balaban J connectivity index is 2.19. The highest BCUT2D eigenvalue weighted by Gasteiger charge is 2.15. The van der Waals surface area contributed by atoms with E-state index in [9.17, 15) is 4.39 Å². The fraction of sp³-hybridized carbons (Fsp3) is 0.133. The number of imidazole rings is 1. The summed E-state index contributed by atoms with van der Waals surface area (Å²) in [6.07, 6.45) is 0. The molecule has 3 rings (SSSR count). The maximum Gasteiger partial charge on any atom is 0.178 e. The van der Waals surface area contributed by atoms with Crippen molar-refractivity contribution in [1.82, 2.24) is 9.55 Å². The number of benzene rings is 2. The maximum atomic E-state index is 13.8. The summed E-state index contributed by atoms with van der Waals surface area (Å²) >= 11 is 12.0. The fourth-order valence-electron chi connectivity index (χ4n) is 2.40. The molecular weight excluding hydrogens is 419 g/mol. The molecule has 0 fully saturated rings. The Morgan fingerprint density at radius 3 is 2.52 bits per heavy atom. The zero-order chi connectivity index (χ0) is 15.1. The molecule has 3 aromatic rings. The SMILES string of the molecule is CC(c1ccc(Br)cc1)n1c(=S)[nH]c2cc(Br)c(F)cc21. The number of aromatic nitrogens is 2. The number of halogens is 3. The zero-order valence-corrected chi connectivity index (χ0v) is 15.0. The highest BCUT2D eigenvalue weighted by atomic mass is 79.9. The van der Waals surface area contributed by atoms with Gasteiger partial charge in [0.05, 0.1) is 21.5 Å². The zero-order valence-electron chi connectivity index (χ0n) is 11.0. The Bertz CT molecular complexity index is 868. The van der Waals surface area contributed by atoms with Crippen LogP contribution in [0.1, 0.15) is 18.5 Å². The Morgan fingerprint density at radius 2 is 1.86 bits per heavy atom. The molecule has 0 radical (unpaired) electrons. The van der Waals surface area contributed by atoms with Crippen molar-refractivity contribution in [3.05, 3.63) is 61.5 Å². The monoisotopic (exact) mass is 428 g/mol. The molecule has 0 aliphatic carbocycles. The molecule has 0 aliphatic heterocycles. The van der Waals surface area contributed by atoms with Gasteiger partial charge in [0, 0.05) is 10.5 Å². The number of hydrogen-bond acceptors (Lipinski definition) is 1. The van der Waals surface area contributed by atoms with Gasteiger partial charge in [-0.25, -0.2) is 4.39 Å². The minimum atomic E-state index is -0.298. The van der Waals surface area contributed by atoms with Gasteiger partial charge in [0.25, 0.3) is 0 Å². The molecule has 0 spiro atoms. The van der Waals surface area contributed by atoms with Gasteiger partial charge in [-0.15, -0.1) is 0 Å². The number of rotatable bonds is 2. The molecule has 1 atom stereocenters. The van der Waals surface area contributed by atoms with E-state index in [4.69, 9.17) is 12.2 Å². The predicted octanol–water partition coefficient (Wildman–Crippen LogP) is 5.97. The second kappa shape index (κ2) is 5.66. The molecule has 1 unspecified atom stereocenters. The number of aromatic amines is 1. The summed E-state index contributed by atoms with van der Waals surface area (Å²) in [5.41, 5.74) is 2.69. The van der Waals surface area contributed by atoms with E-state index in [0.29, 0.717) is 9.24 Å². The average molecular weight is 430 g/mol. The summed E-state index contributed by atoms with van der Waals surface area (Å²) in [5.74, 6) is -0.298. The fourth-order valence-corrected chi connectivity index (χ4v) is 3.37. The highest BCUT2D eigenvalue weighted by Crippen LogP contribution is 2.28. The third kappa shape index (κ3) is 2.72. The molecular formula is C15H11Br2FN2S. The van der Waals surface area contributed by atoms with Gasteiger partial charge in [-0.3, -0.25) is 0 Å². The normalized spacial score (nSPS) is 12.8. The van der Waals surface area contributed by atoms with Crippen LogP contribution in [0.3, 0.4) is 0 Å².